The van der Waals surface area contributed by atoms with Crippen LogP contribution < -0.4 is 4.90 Å². The molecule has 0 radical (unpaired) electrons. The van der Waals surface area contributed by atoms with Crippen molar-refractivity contribution < 1.29 is 4.79 Å². The monoisotopic (exact) mass is 438 g/mol. The van der Waals surface area contributed by atoms with Gasteiger partial charge >= 0.3 is 0 Å². The molecule has 9 heteroatoms. The van der Waals surface area contributed by atoms with E-state index in [1.165, 1.54) is 0 Å². The van der Waals surface area contributed by atoms with Crippen molar-refractivity contribution in [2.75, 3.05) is 31.1 Å². The average Bonchev–Trinajstić information content (AvgIpc) is 3.44. The number of nitrogens with zero attached hydrogens (tertiary/aromatic N) is 6. The minimum absolute atomic E-state index is 0.00317. The first-order valence-corrected chi connectivity index (χ1v) is 10.9. The minimum atomic E-state index is 0.00317. The number of halogens is 1. The Morgan fingerprint density at radius 1 is 1.10 bits per heavy atom. The molecule has 0 unspecified atom stereocenters. The number of carbonyl (C=O) groups is 1. The van der Waals surface area contributed by atoms with Crippen LogP contribution in [0.5, 0.6) is 0 Å². The van der Waals surface area contributed by atoms with Gasteiger partial charge in [0.1, 0.15) is 17.0 Å². The summed E-state index contributed by atoms with van der Waals surface area (Å²) < 4.78 is 1.75. The van der Waals surface area contributed by atoms with Gasteiger partial charge in [0, 0.05) is 37.4 Å². The number of rotatable bonds is 4. The number of anilines is 1. The van der Waals surface area contributed by atoms with Crippen LogP contribution in [0, 0.1) is 0 Å². The lowest BCUT2D eigenvalue weighted by Crippen LogP contribution is -2.49. The third-order valence-corrected chi connectivity index (χ3v) is 6.47. The molecule has 1 aromatic carbocycles. The third-order valence-electron chi connectivity index (χ3n) is 5.28. The molecule has 0 spiro atoms. The van der Waals surface area contributed by atoms with Crippen LogP contribution in [0.15, 0.2) is 54.4 Å². The van der Waals surface area contributed by atoms with Crippen molar-refractivity contribution >= 4 is 44.9 Å². The molecule has 5 rings (SSSR count). The normalized spacial score (nSPS) is 14.4. The number of thiophene rings is 1. The number of hydrogen-bond donors (Lipinski definition) is 0. The fourth-order valence-electron chi connectivity index (χ4n) is 3.69. The second-order valence-electron chi connectivity index (χ2n) is 7.13. The molecule has 7 nitrogen and oxygen atoms in total. The van der Waals surface area contributed by atoms with E-state index in [0.29, 0.717) is 30.2 Å². The molecule has 1 saturated heterocycles. The zero-order chi connectivity index (χ0) is 20.5. The van der Waals surface area contributed by atoms with E-state index in [9.17, 15) is 4.79 Å². The van der Waals surface area contributed by atoms with Crippen molar-refractivity contribution in [1.82, 2.24) is 24.6 Å². The van der Waals surface area contributed by atoms with Crippen molar-refractivity contribution in [3.8, 4) is 0 Å². The standard InChI is InChI=1S/C21H19ClN6OS/c22-18-4-2-1-3-15(18)12-28-13-16(11-25-28)21(29)27-8-6-26(7-9-27)19-17-5-10-30-20(17)24-14-23-19/h1-5,10-11,13-14H,6-9,12H2. The van der Waals surface area contributed by atoms with Gasteiger partial charge in [-0.3, -0.25) is 9.48 Å². The lowest BCUT2D eigenvalue weighted by Gasteiger charge is -2.35. The van der Waals surface area contributed by atoms with Crippen molar-refractivity contribution in [2.45, 2.75) is 6.54 Å². The van der Waals surface area contributed by atoms with E-state index in [2.05, 4.69) is 26.0 Å². The molecule has 0 aliphatic carbocycles. The van der Waals surface area contributed by atoms with E-state index in [1.807, 2.05) is 34.5 Å². The summed E-state index contributed by atoms with van der Waals surface area (Å²) in [5.41, 5.74) is 1.57. The highest BCUT2D eigenvalue weighted by Crippen LogP contribution is 2.27. The minimum Gasteiger partial charge on any atom is -0.352 e. The number of fused-ring (bicyclic) bond motifs is 1. The predicted molar refractivity (Wildman–Crippen MR) is 118 cm³/mol. The summed E-state index contributed by atoms with van der Waals surface area (Å²) in [5.74, 6) is 0.948. The van der Waals surface area contributed by atoms with Crippen molar-refractivity contribution in [2.24, 2.45) is 0 Å². The van der Waals surface area contributed by atoms with Crippen LogP contribution in [0.2, 0.25) is 5.02 Å². The molecule has 152 valence electrons. The lowest BCUT2D eigenvalue weighted by molar-refractivity contribution is 0.0746. The first-order chi connectivity index (χ1) is 14.7. The topological polar surface area (TPSA) is 67.2 Å². The van der Waals surface area contributed by atoms with E-state index in [0.717, 1.165) is 34.7 Å². The van der Waals surface area contributed by atoms with E-state index in [4.69, 9.17) is 11.6 Å². The summed E-state index contributed by atoms with van der Waals surface area (Å²) in [5, 5.41) is 8.14. The van der Waals surface area contributed by atoms with Gasteiger partial charge in [-0.25, -0.2) is 9.97 Å². The second kappa shape index (κ2) is 8.04. The van der Waals surface area contributed by atoms with Crippen molar-refractivity contribution in [3.63, 3.8) is 0 Å². The molecule has 0 atom stereocenters. The summed E-state index contributed by atoms with van der Waals surface area (Å²) in [4.78, 5) is 26.8. The van der Waals surface area contributed by atoms with Crippen LogP contribution in [-0.4, -0.2) is 56.7 Å². The first-order valence-electron chi connectivity index (χ1n) is 9.67. The summed E-state index contributed by atoms with van der Waals surface area (Å²) in [6.07, 6.45) is 5.03. The van der Waals surface area contributed by atoms with Crippen LogP contribution in [0.3, 0.4) is 0 Å². The molecule has 3 aromatic heterocycles. The molecular weight excluding hydrogens is 420 g/mol. The molecule has 0 saturated carbocycles. The largest absolute Gasteiger partial charge is 0.352 e. The summed E-state index contributed by atoms with van der Waals surface area (Å²) in [6, 6.07) is 9.71. The number of piperazine rings is 1. The Morgan fingerprint density at radius 2 is 1.93 bits per heavy atom. The van der Waals surface area contributed by atoms with Gasteiger partial charge in [0.05, 0.1) is 23.7 Å². The molecule has 1 fully saturated rings. The average molecular weight is 439 g/mol. The Morgan fingerprint density at radius 3 is 2.77 bits per heavy atom. The molecule has 30 heavy (non-hydrogen) atoms. The van der Waals surface area contributed by atoms with Gasteiger partial charge in [0.2, 0.25) is 0 Å². The molecule has 4 aromatic rings. The lowest BCUT2D eigenvalue weighted by atomic mass is 10.2. The van der Waals surface area contributed by atoms with Gasteiger partial charge in [-0.05, 0) is 23.1 Å². The number of hydrogen-bond acceptors (Lipinski definition) is 6. The van der Waals surface area contributed by atoms with Crippen LogP contribution in [0.25, 0.3) is 10.2 Å². The Balaban J connectivity index is 1.25. The maximum atomic E-state index is 13.0. The van der Waals surface area contributed by atoms with Gasteiger partial charge in [0.25, 0.3) is 5.91 Å². The molecule has 1 aliphatic rings. The SMILES string of the molecule is O=C(c1cnn(Cc2ccccc2Cl)c1)N1CCN(c2ncnc3sccc23)CC1. The molecule has 0 bridgehead atoms. The van der Waals surface area contributed by atoms with Gasteiger partial charge in [0.15, 0.2) is 0 Å². The van der Waals surface area contributed by atoms with E-state index < -0.39 is 0 Å². The van der Waals surface area contributed by atoms with Crippen molar-refractivity contribution in [1.29, 1.82) is 0 Å². The fraction of sp³-hybridized carbons (Fsp3) is 0.238. The number of carbonyl (C=O) groups excluding carboxylic acids is 1. The van der Waals surface area contributed by atoms with Crippen LogP contribution >= 0.6 is 22.9 Å². The first kappa shape index (κ1) is 19.0. The maximum Gasteiger partial charge on any atom is 0.257 e. The molecule has 1 amide bonds. The summed E-state index contributed by atoms with van der Waals surface area (Å²) in [7, 11) is 0. The fourth-order valence-corrected chi connectivity index (χ4v) is 4.62. The maximum absolute atomic E-state index is 13.0. The Bertz CT molecular complexity index is 1200. The zero-order valence-corrected chi connectivity index (χ0v) is 17.7. The second-order valence-corrected chi connectivity index (χ2v) is 8.44. The van der Waals surface area contributed by atoms with Gasteiger partial charge < -0.3 is 9.80 Å². The van der Waals surface area contributed by atoms with Crippen LogP contribution in [0.4, 0.5) is 5.82 Å². The van der Waals surface area contributed by atoms with E-state index >= 15 is 0 Å². The molecule has 1 aliphatic heterocycles. The Kier molecular flexibility index (Phi) is 5.10. The summed E-state index contributed by atoms with van der Waals surface area (Å²) >= 11 is 7.84. The highest BCUT2D eigenvalue weighted by molar-refractivity contribution is 7.16. The van der Waals surface area contributed by atoms with Crippen molar-refractivity contribution in [3.05, 3.63) is 70.6 Å². The van der Waals surface area contributed by atoms with E-state index in [-0.39, 0.29) is 5.91 Å². The highest BCUT2D eigenvalue weighted by atomic mass is 35.5. The van der Waals surface area contributed by atoms with Gasteiger partial charge in [-0.2, -0.15) is 5.10 Å². The summed E-state index contributed by atoms with van der Waals surface area (Å²) in [6.45, 7) is 3.29. The number of aromatic nitrogens is 4. The smallest absolute Gasteiger partial charge is 0.257 e. The zero-order valence-electron chi connectivity index (χ0n) is 16.1. The van der Waals surface area contributed by atoms with Crippen LogP contribution in [-0.2, 0) is 6.54 Å². The molecular formula is C21H19ClN6OS. The number of benzene rings is 1. The van der Waals surface area contributed by atoms with E-state index in [1.54, 1.807) is 34.7 Å². The highest BCUT2D eigenvalue weighted by Gasteiger charge is 2.25. The quantitative estimate of drug-likeness (QED) is 0.487. The molecule has 0 N–H and O–H groups in total. The molecule has 4 heterocycles. The van der Waals surface area contributed by atoms with Crippen LogP contribution in [0.1, 0.15) is 15.9 Å². The number of amides is 1. The Hall–Kier alpha value is -2.97. The van der Waals surface area contributed by atoms with Gasteiger partial charge in [-0.1, -0.05) is 29.8 Å². The van der Waals surface area contributed by atoms with Gasteiger partial charge in [-0.15, -0.1) is 11.3 Å². The predicted octanol–water partition coefficient (Wildman–Crippen LogP) is 3.55. The third kappa shape index (κ3) is 3.64. The Labute approximate surface area is 182 Å².